The van der Waals surface area contributed by atoms with Crippen LogP contribution >= 0.6 is 0 Å². The Labute approximate surface area is 117 Å². The summed E-state index contributed by atoms with van der Waals surface area (Å²) in [6, 6.07) is 2.42. The average Bonchev–Trinajstić information content (AvgIpc) is 2.62. The summed E-state index contributed by atoms with van der Waals surface area (Å²) < 4.78 is 38.9. The van der Waals surface area contributed by atoms with Gasteiger partial charge in [-0.1, -0.05) is 12.8 Å². The van der Waals surface area contributed by atoms with Crippen molar-refractivity contribution in [2.24, 2.45) is 0 Å². The molecule has 0 spiro atoms. The maximum Gasteiger partial charge on any atom is 0.416 e. The Morgan fingerprint density at radius 1 is 1.25 bits per heavy atom. The number of halogens is 3. The molecular formula is C14H20F3N3. The molecule has 1 atom stereocenters. The molecule has 1 aromatic heterocycles. The van der Waals surface area contributed by atoms with Crippen LogP contribution in [0.5, 0.6) is 0 Å². The lowest BCUT2D eigenvalue weighted by atomic mass is 10.1. The summed E-state index contributed by atoms with van der Waals surface area (Å²) in [6.45, 7) is 2.81. The Bertz CT molecular complexity index is 459. The fourth-order valence-electron chi connectivity index (χ4n) is 2.57. The van der Waals surface area contributed by atoms with Gasteiger partial charge in [0.25, 0.3) is 0 Å². The summed E-state index contributed by atoms with van der Waals surface area (Å²) in [5, 5.41) is 2.71. The Kier molecular flexibility index (Phi) is 4.40. The minimum Gasteiger partial charge on any atom is -0.373 e. The topological polar surface area (TPSA) is 28.2 Å². The van der Waals surface area contributed by atoms with Crippen molar-refractivity contribution in [1.29, 1.82) is 0 Å². The van der Waals surface area contributed by atoms with Crippen LogP contribution in [-0.2, 0) is 6.18 Å². The van der Waals surface area contributed by atoms with Gasteiger partial charge >= 0.3 is 6.18 Å². The highest BCUT2D eigenvalue weighted by molar-refractivity contribution is 5.51. The van der Waals surface area contributed by atoms with Crippen molar-refractivity contribution >= 4 is 11.6 Å². The van der Waals surface area contributed by atoms with E-state index in [1.807, 2.05) is 11.8 Å². The van der Waals surface area contributed by atoms with E-state index >= 15 is 0 Å². The number of rotatable bonds is 2. The van der Waals surface area contributed by atoms with E-state index in [9.17, 15) is 13.2 Å². The van der Waals surface area contributed by atoms with Crippen LogP contribution in [0.3, 0.4) is 0 Å². The second kappa shape index (κ2) is 5.89. The highest BCUT2D eigenvalue weighted by Crippen LogP contribution is 2.34. The maximum atomic E-state index is 13.0. The molecule has 1 aliphatic heterocycles. The molecule has 3 nitrogen and oxygen atoms in total. The van der Waals surface area contributed by atoms with E-state index in [2.05, 4.69) is 10.3 Å². The summed E-state index contributed by atoms with van der Waals surface area (Å²) >= 11 is 0. The molecule has 0 saturated carbocycles. The molecule has 0 aromatic carbocycles. The van der Waals surface area contributed by atoms with Crippen molar-refractivity contribution in [1.82, 2.24) is 4.98 Å². The van der Waals surface area contributed by atoms with E-state index in [0.29, 0.717) is 5.82 Å². The molecule has 0 aliphatic carbocycles. The number of pyridine rings is 1. The Morgan fingerprint density at radius 3 is 2.65 bits per heavy atom. The quantitative estimate of drug-likeness (QED) is 0.894. The zero-order valence-electron chi connectivity index (χ0n) is 11.8. The summed E-state index contributed by atoms with van der Waals surface area (Å²) in [7, 11) is 1.58. The number of nitrogens with one attached hydrogen (secondary N) is 1. The largest absolute Gasteiger partial charge is 0.416 e. The van der Waals surface area contributed by atoms with Crippen LogP contribution in [0.2, 0.25) is 0 Å². The maximum absolute atomic E-state index is 13.0. The van der Waals surface area contributed by atoms with Crippen molar-refractivity contribution in [3.05, 3.63) is 17.7 Å². The predicted molar refractivity (Wildman–Crippen MR) is 74.1 cm³/mol. The highest BCUT2D eigenvalue weighted by Gasteiger charge is 2.32. The van der Waals surface area contributed by atoms with E-state index in [-0.39, 0.29) is 11.9 Å². The molecular weight excluding hydrogens is 267 g/mol. The third-order valence-electron chi connectivity index (χ3n) is 3.74. The number of hydrogen-bond donors (Lipinski definition) is 1. The second-order valence-electron chi connectivity index (χ2n) is 5.24. The highest BCUT2D eigenvalue weighted by atomic mass is 19.4. The van der Waals surface area contributed by atoms with E-state index in [0.717, 1.165) is 44.4 Å². The van der Waals surface area contributed by atoms with E-state index in [4.69, 9.17) is 0 Å². The number of anilines is 2. The lowest BCUT2D eigenvalue weighted by molar-refractivity contribution is -0.137. The van der Waals surface area contributed by atoms with Crippen LogP contribution in [0.25, 0.3) is 0 Å². The van der Waals surface area contributed by atoms with E-state index in [1.54, 1.807) is 7.05 Å². The zero-order valence-corrected chi connectivity index (χ0v) is 11.8. The molecule has 6 heteroatoms. The van der Waals surface area contributed by atoms with Crippen molar-refractivity contribution in [2.75, 3.05) is 23.8 Å². The van der Waals surface area contributed by atoms with Gasteiger partial charge in [0.15, 0.2) is 0 Å². The number of aromatic nitrogens is 1. The molecule has 1 N–H and O–H groups in total. The Hall–Kier alpha value is -1.46. The number of hydrogen-bond acceptors (Lipinski definition) is 3. The molecule has 1 aromatic rings. The predicted octanol–water partition coefficient (Wildman–Crippen LogP) is 3.91. The van der Waals surface area contributed by atoms with Crippen LogP contribution in [0.15, 0.2) is 12.1 Å². The van der Waals surface area contributed by atoms with Gasteiger partial charge in [-0.15, -0.1) is 0 Å². The van der Waals surface area contributed by atoms with E-state index in [1.165, 1.54) is 0 Å². The van der Waals surface area contributed by atoms with Gasteiger partial charge in [0.1, 0.15) is 11.6 Å². The average molecular weight is 287 g/mol. The molecule has 0 bridgehead atoms. The molecule has 0 amide bonds. The molecule has 0 radical (unpaired) electrons. The minimum atomic E-state index is -4.35. The fourth-order valence-corrected chi connectivity index (χ4v) is 2.57. The number of alkyl halides is 3. The molecule has 2 rings (SSSR count). The van der Waals surface area contributed by atoms with Crippen LogP contribution in [0.1, 0.15) is 38.2 Å². The van der Waals surface area contributed by atoms with E-state index < -0.39 is 11.7 Å². The van der Waals surface area contributed by atoms with Gasteiger partial charge < -0.3 is 10.2 Å². The first-order valence-electron chi connectivity index (χ1n) is 6.95. The standard InChI is InChI=1S/C14H20F3N3/c1-10-6-4-3-5-7-20(10)13-9-11(14(15,16)17)8-12(18-2)19-13/h8-10H,3-7H2,1-2H3,(H,18,19). The molecule has 2 heterocycles. The molecule has 112 valence electrons. The third kappa shape index (κ3) is 3.35. The lowest BCUT2D eigenvalue weighted by Gasteiger charge is -2.29. The third-order valence-corrected chi connectivity index (χ3v) is 3.74. The normalized spacial score (nSPS) is 20.6. The summed E-state index contributed by atoms with van der Waals surface area (Å²) in [6.07, 6.45) is -0.115. The minimum absolute atomic E-state index is 0.221. The first-order valence-corrected chi connectivity index (χ1v) is 6.95. The Morgan fingerprint density at radius 2 is 2.00 bits per heavy atom. The van der Waals surface area contributed by atoms with Gasteiger partial charge in [0.05, 0.1) is 5.56 Å². The van der Waals surface area contributed by atoms with Crippen LogP contribution in [-0.4, -0.2) is 24.6 Å². The molecule has 20 heavy (non-hydrogen) atoms. The van der Waals surface area contributed by atoms with Gasteiger partial charge in [0.2, 0.25) is 0 Å². The van der Waals surface area contributed by atoms with Crippen molar-refractivity contribution < 1.29 is 13.2 Å². The lowest BCUT2D eigenvalue weighted by Crippen LogP contribution is -2.33. The monoisotopic (exact) mass is 287 g/mol. The van der Waals surface area contributed by atoms with Gasteiger partial charge in [-0.2, -0.15) is 13.2 Å². The zero-order chi connectivity index (χ0) is 14.8. The van der Waals surface area contributed by atoms with Gasteiger partial charge in [-0.3, -0.25) is 0 Å². The number of nitrogens with zero attached hydrogens (tertiary/aromatic N) is 2. The second-order valence-corrected chi connectivity index (χ2v) is 5.24. The molecule has 1 aliphatic rings. The fraction of sp³-hybridized carbons (Fsp3) is 0.643. The summed E-state index contributed by atoms with van der Waals surface area (Å²) in [4.78, 5) is 6.29. The van der Waals surface area contributed by atoms with Crippen LogP contribution < -0.4 is 10.2 Å². The smallest absolute Gasteiger partial charge is 0.373 e. The van der Waals surface area contributed by atoms with Crippen molar-refractivity contribution in [2.45, 2.75) is 44.8 Å². The molecule has 1 saturated heterocycles. The van der Waals surface area contributed by atoms with Crippen molar-refractivity contribution in [3.63, 3.8) is 0 Å². The molecule has 1 fully saturated rings. The van der Waals surface area contributed by atoms with Gasteiger partial charge in [0, 0.05) is 19.6 Å². The first kappa shape index (κ1) is 14.9. The van der Waals surface area contributed by atoms with Crippen molar-refractivity contribution in [3.8, 4) is 0 Å². The van der Waals surface area contributed by atoms with Gasteiger partial charge in [-0.05, 0) is 31.9 Å². The van der Waals surface area contributed by atoms with Crippen LogP contribution in [0.4, 0.5) is 24.8 Å². The first-order chi connectivity index (χ1) is 9.41. The Balaban J connectivity index is 2.39. The summed E-state index contributed by atoms with van der Waals surface area (Å²) in [5.41, 5.74) is -0.650. The SMILES string of the molecule is CNc1cc(C(F)(F)F)cc(N2CCCCCC2C)n1. The van der Waals surface area contributed by atoms with Crippen LogP contribution in [0, 0.1) is 0 Å². The van der Waals surface area contributed by atoms with Gasteiger partial charge in [-0.25, -0.2) is 4.98 Å². The summed E-state index contributed by atoms with van der Waals surface area (Å²) in [5.74, 6) is 0.671. The molecule has 1 unspecified atom stereocenters.